The van der Waals surface area contributed by atoms with Crippen molar-refractivity contribution in [2.45, 2.75) is 77.0 Å². The van der Waals surface area contributed by atoms with Crippen LogP contribution >= 0.6 is 0 Å². The highest BCUT2D eigenvalue weighted by Gasteiger charge is 2.38. The number of hydrogen-bond donors (Lipinski definition) is 1. The fraction of sp³-hybridized carbons (Fsp3) is 1.00. The van der Waals surface area contributed by atoms with Crippen molar-refractivity contribution in [3.8, 4) is 0 Å². The third-order valence-corrected chi connectivity index (χ3v) is 4.89. The van der Waals surface area contributed by atoms with Gasteiger partial charge in [-0.1, -0.05) is 0 Å². The molecule has 2 unspecified atom stereocenters. The van der Waals surface area contributed by atoms with E-state index in [2.05, 4.69) is 42.9 Å². The minimum atomic E-state index is 0.677. The number of hydrogen-bond acceptors (Lipinski definition) is 3. The molecular formula is C16H33N3. The smallest absolute Gasteiger partial charge is 0.0210 e. The standard InChI is InChI=1S/C16H33N3/c1-13(2)18(4)10-6-5-9-17-15-11-14(3)19(12-15)16-7-8-16/h13-17H,5-12H2,1-4H3. The van der Waals surface area contributed by atoms with Crippen LogP contribution in [-0.4, -0.2) is 60.6 Å². The Morgan fingerprint density at radius 3 is 2.63 bits per heavy atom. The Morgan fingerprint density at radius 1 is 1.26 bits per heavy atom. The summed E-state index contributed by atoms with van der Waals surface area (Å²) >= 11 is 0. The maximum absolute atomic E-state index is 3.77. The van der Waals surface area contributed by atoms with Crippen molar-refractivity contribution in [2.75, 3.05) is 26.7 Å². The third kappa shape index (κ3) is 4.73. The van der Waals surface area contributed by atoms with Gasteiger partial charge in [0, 0.05) is 30.7 Å². The Bertz CT molecular complexity index is 263. The number of nitrogens with one attached hydrogen (secondary N) is 1. The first-order chi connectivity index (χ1) is 9.08. The summed E-state index contributed by atoms with van der Waals surface area (Å²) in [6, 6.07) is 3.16. The minimum absolute atomic E-state index is 0.677. The molecule has 0 aromatic rings. The summed E-state index contributed by atoms with van der Waals surface area (Å²) in [6.45, 7) is 10.7. The fourth-order valence-electron chi connectivity index (χ4n) is 3.17. The quantitative estimate of drug-likeness (QED) is 0.681. The van der Waals surface area contributed by atoms with Gasteiger partial charge in [-0.25, -0.2) is 0 Å². The van der Waals surface area contributed by atoms with Crippen LogP contribution in [0.5, 0.6) is 0 Å². The molecule has 2 aliphatic rings. The van der Waals surface area contributed by atoms with Gasteiger partial charge in [0.05, 0.1) is 0 Å². The van der Waals surface area contributed by atoms with E-state index in [9.17, 15) is 0 Å². The molecular weight excluding hydrogens is 234 g/mol. The molecule has 1 aliphatic carbocycles. The highest BCUT2D eigenvalue weighted by atomic mass is 15.3. The highest BCUT2D eigenvalue weighted by Crippen LogP contribution is 2.33. The van der Waals surface area contributed by atoms with Crippen molar-refractivity contribution in [2.24, 2.45) is 0 Å². The second-order valence-corrected chi connectivity index (χ2v) is 6.95. The lowest BCUT2D eigenvalue weighted by molar-refractivity contribution is 0.254. The molecule has 2 atom stereocenters. The molecule has 3 nitrogen and oxygen atoms in total. The highest BCUT2D eigenvalue weighted by molar-refractivity contribution is 4.95. The zero-order chi connectivity index (χ0) is 13.8. The van der Waals surface area contributed by atoms with Crippen LogP contribution in [0.4, 0.5) is 0 Å². The van der Waals surface area contributed by atoms with Gasteiger partial charge in [-0.15, -0.1) is 0 Å². The molecule has 112 valence electrons. The van der Waals surface area contributed by atoms with E-state index in [0.717, 1.165) is 18.1 Å². The Balaban J connectivity index is 1.52. The van der Waals surface area contributed by atoms with E-state index < -0.39 is 0 Å². The lowest BCUT2D eigenvalue weighted by atomic mass is 10.2. The van der Waals surface area contributed by atoms with Crippen LogP contribution < -0.4 is 5.32 Å². The van der Waals surface area contributed by atoms with Crippen LogP contribution in [0.25, 0.3) is 0 Å². The first-order valence-corrected chi connectivity index (χ1v) is 8.27. The van der Waals surface area contributed by atoms with Crippen molar-refractivity contribution < 1.29 is 0 Å². The molecule has 2 fully saturated rings. The van der Waals surface area contributed by atoms with Crippen LogP contribution in [0.2, 0.25) is 0 Å². The van der Waals surface area contributed by atoms with Gasteiger partial charge in [-0.3, -0.25) is 4.90 Å². The summed E-state index contributed by atoms with van der Waals surface area (Å²) in [5.41, 5.74) is 0. The van der Waals surface area contributed by atoms with Crippen molar-refractivity contribution >= 4 is 0 Å². The van der Waals surface area contributed by atoms with E-state index in [1.165, 1.54) is 51.7 Å². The summed E-state index contributed by atoms with van der Waals surface area (Å²) in [5.74, 6) is 0. The molecule has 1 N–H and O–H groups in total. The third-order valence-electron chi connectivity index (χ3n) is 4.89. The first-order valence-electron chi connectivity index (χ1n) is 8.27. The molecule has 0 amide bonds. The Labute approximate surface area is 119 Å². The van der Waals surface area contributed by atoms with E-state index in [-0.39, 0.29) is 0 Å². The second kappa shape index (κ2) is 7.05. The second-order valence-electron chi connectivity index (χ2n) is 6.95. The van der Waals surface area contributed by atoms with Crippen molar-refractivity contribution in [1.82, 2.24) is 15.1 Å². The van der Waals surface area contributed by atoms with Gasteiger partial charge in [0.25, 0.3) is 0 Å². The zero-order valence-electron chi connectivity index (χ0n) is 13.4. The maximum atomic E-state index is 3.77. The molecule has 0 aromatic carbocycles. The van der Waals surface area contributed by atoms with Gasteiger partial charge < -0.3 is 10.2 Å². The predicted octanol–water partition coefficient (Wildman–Crippen LogP) is 2.32. The Morgan fingerprint density at radius 2 is 2.00 bits per heavy atom. The van der Waals surface area contributed by atoms with Crippen LogP contribution in [0.3, 0.4) is 0 Å². The number of rotatable bonds is 8. The molecule has 0 bridgehead atoms. The van der Waals surface area contributed by atoms with E-state index in [1.54, 1.807) is 0 Å². The molecule has 1 saturated carbocycles. The van der Waals surface area contributed by atoms with Gasteiger partial charge in [-0.05, 0) is 73.0 Å². The number of unbranched alkanes of at least 4 members (excludes halogenated alkanes) is 1. The fourth-order valence-corrected chi connectivity index (χ4v) is 3.17. The van der Waals surface area contributed by atoms with Crippen molar-refractivity contribution in [1.29, 1.82) is 0 Å². The summed E-state index contributed by atoms with van der Waals surface area (Å²) in [5, 5.41) is 3.77. The summed E-state index contributed by atoms with van der Waals surface area (Å²) < 4.78 is 0. The Kier molecular flexibility index (Phi) is 5.67. The summed E-state index contributed by atoms with van der Waals surface area (Å²) in [4.78, 5) is 5.16. The van der Waals surface area contributed by atoms with Gasteiger partial charge in [-0.2, -0.15) is 0 Å². The van der Waals surface area contributed by atoms with E-state index in [4.69, 9.17) is 0 Å². The molecule has 0 radical (unpaired) electrons. The lowest BCUT2D eigenvalue weighted by Crippen LogP contribution is -2.35. The Hall–Kier alpha value is -0.120. The SMILES string of the molecule is CC(C)N(C)CCCCNC1CC(C)N(C2CC2)C1. The molecule has 2 rings (SSSR count). The first kappa shape index (κ1) is 15.3. The van der Waals surface area contributed by atoms with Crippen LogP contribution in [0.1, 0.15) is 52.9 Å². The van der Waals surface area contributed by atoms with Crippen molar-refractivity contribution in [3.63, 3.8) is 0 Å². The van der Waals surface area contributed by atoms with Gasteiger partial charge in [0.1, 0.15) is 0 Å². The number of nitrogens with zero attached hydrogens (tertiary/aromatic N) is 2. The monoisotopic (exact) mass is 267 g/mol. The largest absolute Gasteiger partial charge is 0.313 e. The topological polar surface area (TPSA) is 18.5 Å². The minimum Gasteiger partial charge on any atom is -0.313 e. The molecule has 1 heterocycles. The van der Waals surface area contributed by atoms with Crippen LogP contribution in [-0.2, 0) is 0 Å². The van der Waals surface area contributed by atoms with Crippen molar-refractivity contribution in [3.05, 3.63) is 0 Å². The lowest BCUT2D eigenvalue weighted by Gasteiger charge is -2.21. The number of likely N-dealkylation sites (tertiary alicyclic amines) is 1. The van der Waals surface area contributed by atoms with E-state index >= 15 is 0 Å². The molecule has 1 aliphatic heterocycles. The normalized spacial score (nSPS) is 28.7. The maximum Gasteiger partial charge on any atom is 0.0210 e. The molecule has 0 aromatic heterocycles. The molecule has 0 spiro atoms. The zero-order valence-corrected chi connectivity index (χ0v) is 13.4. The van der Waals surface area contributed by atoms with Crippen LogP contribution in [0, 0.1) is 0 Å². The summed E-state index contributed by atoms with van der Waals surface area (Å²) in [6.07, 6.45) is 6.86. The molecule has 3 heteroatoms. The molecule has 1 saturated heterocycles. The van der Waals surface area contributed by atoms with E-state index in [0.29, 0.717) is 6.04 Å². The molecule has 19 heavy (non-hydrogen) atoms. The average molecular weight is 267 g/mol. The average Bonchev–Trinajstić information content (AvgIpc) is 3.13. The predicted molar refractivity (Wildman–Crippen MR) is 82.6 cm³/mol. The van der Waals surface area contributed by atoms with Gasteiger partial charge >= 0.3 is 0 Å². The van der Waals surface area contributed by atoms with E-state index in [1.807, 2.05) is 0 Å². The van der Waals surface area contributed by atoms with Gasteiger partial charge in [0.2, 0.25) is 0 Å². The summed E-state index contributed by atoms with van der Waals surface area (Å²) in [7, 11) is 2.23. The van der Waals surface area contributed by atoms with Gasteiger partial charge in [0.15, 0.2) is 0 Å². The van der Waals surface area contributed by atoms with Crippen LogP contribution in [0.15, 0.2) is 0 Å².